The fraction of sp³-hybridized carbons (Fsp3) is 0.0455. The summed E-state index contributed by atoms with van der Waals surface area (Å²) >= 11 is 0. The van der Waals surface area contributed by atoms with Crippen molar-refractivity contribution in [3.05, 3.63) is 90.3 Å². The second kappa shape index (κ2) is 7.36. The number of carbonyl (C=O) groups excluding carboxylic acids is 1. The predicted molar refractivity (Wildman–Crippen MR) is 110 cm³/mol. The molecule has 0 fully saturated rings. The van der Waals surface area contributed by atoms with E-state index in [-0.39, 0.29) is 5.91 Å². The third kappa shape index (κ3) is 3.48. The minimum absolute atomic E-state index is 0.277. The number of hydrogen-bond acceptors (Lipinski definition) is 3. The lowest BCUT2D eigenvalue weighted by Crippen LogP contribution is -2.17. The number of aromatic nitrogens is 2. The van der Waals surface area contributed by atoms with Gasteiger partial charge in [0.25, 0.3) is 11.6 Å². The molecule has 138 valence electrons. The highest BCUT2D eigenvalue weighted by Crippen LogP contribution is 2.19. The molecule has 2 aromatic carbocycles. The monoisotopic (exact) mass is 370 g/mol. The summed E-state index contributed by atoms with van der Waals surface area (Å²) in [6, 6.07) is 20.8. The van der Waals surface area contributed by atoms with Gasteiger partial charge in [-0.25, -0.2) is 14.4 Å². The van der Waals surface area contributed by atoms with Crippen molar-refractivity contribution in [1.29, 1.82) is 0 Å². The molecule has 6 heteroatoms. The molecule has 4 aromatic rings. The Morgan fingerprint density at radius 3 is 2.54 bits per heavy atom. The van der Waals surface area contributed by atoms with Crippen LogP contribution in [-0.2, 0) is 7.05 Å². The van der Waals surface area contributed by atoms with Crippen LogP contribution in [0.1, 0.15) is 15.9 Å². The first-order valence-corrected chi connectivity index (χ1v) is 8.87. The summed E-state index contributed by atoms with van der Waals surface area (Å²) in [6.07, 6.45) is 5.75. The molecule has 0 aliphatic rings. The number of pyridine rings is 1. The first-order valence-electron chi connectivity index (χ1n) is 8.87. The first kappa shape index (κ1) is 17.5. The number of hydrogen-bond donors (Lipinski definition) is 2. The molecule has 0 saturated carbocycles. The summed E-state index contributed by atoms with van der Waals surface area (Å²) < 4.78 is 4.24. The zero-order valence-corrected chi connectivity index (χ0v) is 15.4. The quantitative estimate of drug-likeness (QED) is 0.251. The Hall–Kier alpha value is -3.93. The molecular formula is C22H20N5O+. The number of benzene rings is 2. The van der Waals surface area contributed by atoms with Crippen LogP contribution in [0.25, 0.3) is 16.9 Å². The number of anilines is 1. The molecule has 0 saturated heterocycles. The lowest BCUT2D eigenvalue weighted by Gasteiger charge is -2.01. The molecule has 1 amide bonds. The second-order valence-corrected chi connectivity index (χ2v) is 6.48. The predicted octanol–water partition coefficient (Wildman–Crippen LogP) is 2.78. The van der Waals surface area contributed by atoms with Gasteiger partial charge < -0.3 is 5.73 Å². The smallest absolute Gasteiger partial charge is 0.286 e. The Balaban J connectivity index is 1.47. The van der Waals surface area contributed by atoms with Gasteiger partial charge in [0.1, 0.15) is 6.20 Å². The highest BCUT2D eigenvalue weighted by atomic mass is 16.2. The lowest BCUT2D eigenvalue weighted by molar-refractivity contribution is -0.510. The van der Waals surface area contributed by atoms with Crippen LogP contribution in [-0.4, -0.2) is 16.7 Å². The molecule has 0 spiro atoms. The standard InChI is InChI=1S/C22H19N5O/c1-26-20(15-27-13-3-2-4-21(26)27)17-7-5-16(6-8-17)14-24-25-22(28)18-9-11-19(23)12-10-18/h2-15H,1H3,(H2-,23,25,28)/p+1/b24-14+. The lowest BCUT2D eigenvalue weighted by atomic mass is 10.1. The van der Waals surface area contributed by atoms with E-state index in [4.69, 9.17) is 5.73 Å². The fourth-order valence-corrected chi connectivity index (χ4v) is 3.06. The first-order chi connectivity index (χ1) is 13.6. The topological polar surface area (TPSA) is 76.5 Å². The van der Waals surface area contributed by atoms with Gasteiger partial charge in [0, 0.05) is 22.9 Å². The summed E-state index contributed by atoms with van der Waals surface area (Å²) in [5.74, 6) is -0.277. The minimum Gasteiger partial charge on any atom is -0.399 e. The van der Waals surface area contributed by atoms with E-state index in [1.54, 1.807) is 30.5 Å². The number of aryl methyl sites for hydroxylation is 1. The van der Waals surface area contributed by atoms with Crippen LogP contribution in [0.4, 0.5) is 5.69 Å². The Bertz CT molecular complexity index is 1160. The summed E-state index contributed by atoms with van der Waals surface area (Å²) in [5, 5.41) is 4.03. The third-order valence-electron chi connectivity index (χ3n) is 4.59. The maximum atomic E-state index is 12.0. The molecule has 28 heavy (non-hydrogen) atoms. The van der Waals surface area contributed by atoms with Gasteiger partial charge in [-0.3, -0.25) is 4.79 Å². The third-order valence-corrected chi connectivity index (χ3v) is 4.59. The van der Waals surface area contributed by atoms with E-state index < -0.39 is 0 Å². The number of fused-ring (bicyclic) bond motifs is 1. The zero-order chi connectivity index (χ0) is 19.5. The van der Waals surface area contributed by atoms with Crippen molar-refractivity contribution in [3.8, 4) is 11.3 Å². The van der Waals surface area contributed by atoms with Crippen molar-refractivity contribution >= 4 is 23.5 Å². The van der Waals surface area contributed by atoms with Crippen LogP contribution < -0.4 is 15.6 Å². The van der Waals surface area contributed by atoms with E-state index in [0.29, 0.717) is 11.3 Å². The number of nitrogens with zero attached hydrogens (tertiary/aromatic N) is 3. The average molecular weight is 370 g/mol. The van der Waals surface area contributed by atoms with Gasteiger partial charge in [0.15, 0.2) is 5.69 Å². The zero-order valence-electron chi connectivity index (χ0n) is 15.4. The van der Waals surface area contributed by atoms with Crippen molar-refractivity contribution in [2.45, 2.75) is 0 Å². The molecule has 0 aliphatic heterocycles. The van der Waals surface area contributed by atoms with Gasteiger partial charge in [0.2, 0.25) is 0 Å². The molecule has 0 bridgehead atoms. The second-order valence-electron chi connectivity index (χ2n) is 6.48. The Morgan fingerprint density at radius 2 is 1.82 bits per heavy atom. The number of nitrogens with one attached hydrogen (secondary N) is 1. The van der Waals surface area contributed by atoms with Crippen LogP contribution in [0.2, 0.25) is 0 Å². The van der Waals surface area contributed by atoms with Crippen LogP contribution in [0.3, 0.4) is 0 Å². The van der Waals surface area contributed by atoms with E-state index in [0.717, 1.165) is 22.5 Å². The SMILES string of the molecule is Cn1c(-c2ccc(/C=N/NC(=O)c3ccc(N)cc3)cc2)c[n+]2ccccc12. The molecule has 0 aliphatic carbocycles. The molecule has 0 atom stereocenters. The maximum absolute atomic E-state index is 12.0. The van der Waals surface area contributed by atoms with Gasteiger partial charge in [0.05, 0.1) is 19.5 Å². The molecule has 3 N–H and O–H groups in total. The van der Waals surface area contributed by atoms with Crippen LogP contribution in [0, 0.1) is 0 Å². The molecule has 6 nitrogen and oxygen atoms in total. The number of carbonyl (C=O) groups is 1. The molecule has 0 unspecified atom stereocenters. The largest absolute Gasteiger partial charge is 0.399 e. The van der Waals surface area contributed by atoms with Crippen molar-refractivity contribution in [2.75, 3.05) is 5.73 Å². The van der Waals surface area contributed by atoms with Crippen molar-refractivity contribution < 1.29 is 9.20 Å². The number of rotatable bonds is 4. The number of amides is 1. The van der Waals surface area contributed by atoms with Crippen LogP contribution >= 0.6 is 0 Å². The van der Waals surface area contributed by atoms with Crippen molar-refractivity contribution in [1.82, 2.24) is 9.99 Å². The van der Waals surface area contributed by atoms with Crippen LogP contribution in [0.5, 0.6) is 0 Å². The van der Waals surface area contributed by atoms with Crippen molar-refractivity contribution in [3.63, 3.8) is 0 Å². The van der Waals surface area contributed by atoms with E-state index in [2.05, 4.69) is 31.8 Å². The van der Waals surface area contributed by atoms with E-state index in [1.807, 2.05) is 49.6 Å². The minimum atomic E-state index is -0.277. The molecule has 2 aromatic heterocycles. The molecule has 2 heterocycles. The van der Waals surface area contributed by atoms with E-state index >= 15 is 0 Å². The van der Waals surface area contributed by atoms with Crippen molar-refractivity contribution in [2.24, 2.45) is 12.1 Å². The van der Waals surface area contributed by atoms with E-state index in [9.17, 15) is 4.79 Å². The molecular weight excluding hydrogens is 350 g/mol. The van der Waals surface area contributed by atoms with Gasteiger partial charge in [-0.15, -0.1) is 0 Å². The van der Waals surface area contributed by atoms with Crippen LogP contribution in [0.15, 0.2) is 84.2 Å². The Kier molecular flexibility index (Phi) is 4.60. The van der Waals surface area contributed by atoms with E-state index in [1.165, 1.54) is 0 Å². The number of nitrogen functional groups attached to an aromatic ring is 1. The van der Waals surface area contributed by atoms with Gasteiger partial charge >= 0.3 is 0 Å². The number of imidazole rings is 1. The summed E-state index contributed by atoms with van der Waals surface area (Å²) in [4.78, 5) is 12.0. The Labute approximate surface area is 162 Å². The maximum Gasteiger partial charge on any atom is 0.286 e. The highest BCUT2D eigenvalue weighted by molar-refractivity contribution is 5.95. The summed E-state index contributed by atoms with van der Waals surface area (Å²) in [5.41, 5.74) is 13.5. The summed E-state index contributed by atoms with van der Waals surface area (Å²) in [7, 11) is 2.05. The normalized spacial score (nSPS) is 11.2. The van der Waals surface area contributed by atoms with Gasteiger partial charge in [-0.05, 0) is 48.0 Å². The number of nitrogens with two attached hydrogens (primary N) is 1. The average Bonchev–Trinajstić information content (AvgIpc) is 3.06. The van der Waals surface area contributed by atoms with Gasteiger partial charge in [-0.1, -0.05) is 18.2 Å². The van der Waals surface area contributed by atoms with Gasteiger partial charge in [-0.2, -0.15) is 5.10 Å². The number of hydrazone groups is 1. The molecule has 4 rings (SSSR count). The molecule has 0 radical (unpaired) electrons. The highest BCUT2D eigenvalue weighted by Gasteiger charge is 2.14. The Morgan fingerprint density at radius 1 is 1.07 bits per heavy atom. The summed E-state index contributed by atoms with van der Waals surface area (Å²) in [6.45, 7) is 0. The fourth-order valence-electron chi connectivity index (χ4n) is 3.06.